The molecule has 0 bridgehead atoms. The number of halogens is 1. The average molecular weight is 300 g/mol. The summed E-state index contributed by atoms with van der Waals surface area (Å²) in [6, 6.07) is 11.9. The van der Waals surface area contributed by atoms with E-state index in [0.717, 1.165) is 28.3 Å². The minimum atomic E-state index is 0.472. The van der Waals surface area contributed by atoms with Crippen LogP contribution in [0.4, 0.5) is 0 Å². The van der Waals surface area contributed by atoms with Crippen molar-refractivity contribution in [2.24, 2.45) is 0 Å². The van der Waals surface area contributed by atoms with E-state index in [-0.39, 0.29) is 0 Å². The summed E-state index contributed by atoms with van der Waals surface area (Å²) in [5.41, 5.74) is 3.98. The first-order valence-electron chi connectivity index (χ1n) is 6.90. The molecule has 21 heavy (non-hydrogen) atoms. The van der Waals surface area contributed by atoms with Gasteiger partial charge in [0.15, 0.2) is 0 Å². The number of nitrogens with zero attached hydrogens (tertiary/aromatic N) is 1. The SMILES string of the molecule is Cc1cccc(COc2ccc(C#CCCCl)cc2C)n1. The molecule has 0 radical (unpaired) electrons. The van der Waals surface area contributed by atoms with E-state index in [1.165, 1.54) is 0 Å². The number of pyridine rings is 1. The van der Waals surface area contributed by atoms with Crippen molar-refractivity contribution in [2.75, 3.05) is 5.88 Å². The standard InChI is InChI=1S/C18H18ClNO/c1-14-12-16(7-3-4-11-19)9-10-18(14)21-13-17-8-5-6-15(2)20-17/h5-6,8-10,12H,4,11,13H2,1-2H3. The minimum absolute atomic E-state index is 0.472. The molecule has 0 amide bonds. The van der Waals surface area contributed by atoms with E-state index in [1.54, 1.807) is 0 Å². The highest BCUT2D eigenvalue weighted by Crippen LogP contribution is 2.20. The van der Waals surface area contributed by atoms with Crippen molar-refractivity contribution in [1.82, 2.24) is 4.98 Å². The van der Waals surface area contributed by atoms with Crippen molar-refractivity contribution < 1.29 is 4.74 Å². The molecule has 0 aliphatic rings. The first-order valence-corrected chi connectivity index (χ1v) is 7.43. The molecule has 2 rings (SSSR count). The molecule has 1 aromatic carbocycles. The first-order chi connectivity index (χ1) is 10.2. The summed E-state index contributed by atoms with van der Waals surface area (Å²) in [4.78, 5) is 4.43. The molecule has 108 valence electrons. The summed E-state index contributed by atoms with van der Waals surface area (Å²) >= 11 is 5.61. The molecular formula is C18H18ClNO. The van der Waals surface area contributed by atoms with Crippen LogP contribution in [0.15, 0.2) is 36.4 Å². The molecule has 0 unspecified atom stereocenters. The Labute approximate surface area is 131 Å². The Bertz CT molecular complexity index is 670. The topological polar surface area (TPSA) is 22.1 Å². The van der Waals surface area contributed by atoms with Crippen LogP contribution in [0.1, 0.15) is 28.9 Å². The van der Waals surface area contributed by atoms with Crippen LogP contribution in [0.5, 0.6) is 5.75 Å². The van der Waals surface area contributed by atoms with Crippen LogP contribution in [0, 0.1) is 25.7 Å². The largest absolute Gasteiger partial charge is 0.487 e. The van der Waals surface area contributed by atoms with Gasteiger partial charge in [0.25, 0.3) is 0 Å². The van der Waals surface area contributed by atoms with Crippen LogP contribution < -0.4 is 4.74 Å². The van der Waals surface area contributed by atoms with E-state index in [9.17, 15) is 0 Å². The lowest BCUT2D eigenvalue weighted by atomic mass is 10.1. The van der Waals surface area contributed by atoms with Crippen molar-refractivity contribution in [1.29, 1.82) is 0 Å². The fraction of sp³-hybridized carbons (Fsp3) is 0.278. The molecular weight excluding hydrogens is 282 g/mol. The molecule has 0 aliphatic heterocycles. The van der Waals surface area contributed by atoms with Gasteiger partial charge in [0.1, 0.15) is 12.4 Å². The van der Waals surface area contributed by atoms with Crippen molar-refractivity contribution in [3.05, 3.63) is 58.9 Å². The van der Waals surface area contributed by atoms with Gasteiger partial charge < -0.3 is 4.74 Å². The maximum Gasteiger partial charge on any atom is 0.130 e. The Morgan fingerprint density at radius 3 is 2.76 bits per heavy atom. The molecule has 3 heteroatoms. The molecule has 1 heterocycles. The lowest BCUT2D eigenvalue weighted by Gasteiger charge is -2.09. The maximum absolute atomic E-state index is 5.83. The van der Waals surface area contributed by atoms with E-state index in [1.807, 2.05) is 50.2 Å². The van der Waals surface area contributed by atoms with Gasteiger partial charge in [-0.25, -0.2) is 0 Å². The summed E-state index contributed by atoms with van der Waals surface area (Å²) in [6.07, 6.45) is 0.706. The zero-order valence-corrected chi connectivity index (χ0v) is 13.1. The number of alkyl halides is 1. The third-order valence-corrected chi connectivity index (χ3v) is 3.14. The van der Waals surface area contributed by atoms with Crippen molar-refractivity contribution in [3.63, 3.8) is 0 Å². The lowest BCUT2D eigenvalue weighted by Crippen LogP contribution is -2.00. The first kappa shape index (κ1) is 15.4. The van der Waals surface area contributed by atoms with Crippen LogP contribution in [-0.2, 0) is 6.61 Å². The van der Waals surface area contributed by atoms with Gasteiger partial charge in [0.2, 0.25) is 0 Å². The number of ether oxygens (including phenoxy) is 1. The molecule has 1 aromatic heterocycles. The van der Waals surface area contributed by atoms with Crippen molar-refractivity contribution in [2.45, 2.75) is 26.9 Å². The summed E-state index contributed by atoms with van der Waals surface area (Å²) in [7, 11) is 0. The van der Waals surface area contributed by atoms with Gasteiger partial charge in [-0.1, -0.05) is 17.9 Å². The fourth-order valence-electron chi connectivity index (χ4n) is 1.93. The van der Waals surface area contributed by atoms with E-state index in [2.05, 4.69) is 16.8 Å². The van der Waals surface area contributed by atoms with Crippen LogP contribution in [0.2, 0.25) is 0 Å². The van der Waals surface area contributed by atoms with Crippen LogP contribution in [0.3, 0.4) is 0 Å². The highest BCUT2D eigenvalue weighted by molar-refractivity contribution is 6.18. The summed E-state index contributed by atoms with van der Waals surface area (Å²) in [6.45, 7) is 4.47. The highest BCUT2D eigenvalue weighted by atomic mass is 35.5. The minimum Gasteiger partial charge on any atom is -0.487 e. The van der Waals surface area contributed by atoms with Gasteiger partial charge >= 0.3 is 0 Å². The van der Waals surface area contributed by atoms with Gasteiger partial charge in [-0.2, -0.15) is 0 Å². The van der Waals surface area contributed by atoms with Crippen LogP contribution in [0.25, 0.3) is 0 Å². The Morgan fingerprint density at radius 2 is 2.05 bits per heavy atom. The molecule has 0 aliphatic carbocycles. The zero-order valence-electron chi connectivity index (χ0n) is 12.3. The Kier molecular flexibility index (Phi) is 5.66. The number of aromatic nitrogens is 1. The number of hydrogen-bond acceptors (Lipinski definition) is 2. The molecule has 2 nitrogen and oxygen atoms in total. The van der Waals surface area contributed by atoms with Gasteiger partial charge in [-0.3, -0.25) is 4.98 Å². The summed E-state index contributed by atoms with van der Waals surface area (Å²) in [5.74, 6) is 7.55. The third-order valence-electron chi connectivity index (χ3n) is 2.95. The van der Waals surface area contributed by atoms with Crippen molar-refractivity contribution in [3.8, 4) is 17.6 Å². The van der Waals surface area contributed by atoms with E-state index in [0.29, 0.717) is 18.9 Å². The van der Waals surface area contributed by atoms with E-state index >= 15 is 0 Å². The normalized spacial score (nSPS) is 9.86. The Balaban J connectivity index is 2.03. The predicted octanol–water partition coefficient (Wildman–Crippen LogP) is 4.26. The number of rotatable bonds is 4. The zero-order chi connectivity index (χ0) is 15.1. The number of aryl methyl sites for hydroxylation is 2. The number of hydrogen-bond donors (Lipinski definition) is 0. The molecule has 0 spiro atoms. The third kappa shape index (κ3) is 4.81. The number of benzene rings is 1. The molecule has 2 aromatic rings. The molecule has 0 saturated carbocycles. The average Bonchev–Trinajstić information content (AvgIpc) is 2.47. The lowest BCUT2D eigenvalue weighted by molar-refractivity contribution is 0.299. The van der Waals surface area contributed by atoms with Crippen LogP contribution >= 0.6 is 11.6 Å². The summed E-state index contributed by atoms with van der Waals surface area (Å²) < 4.78 is 5.83. The quantitative estimate of drug-likeness (QED) is 0.622. The highest BCUT2D eigenvalue weighted by Gasteiger charge is 2.02. The van der Waals surface area contributed by atoms with Gasteiger partial charge in [-0.05, 0) is 49.7 Å². The predicted molar refractivity (Wildman–Crippen MR) is 86.7 cm³/mol. The van der Waals surface area contributed by atoms with Crippen LogP contribution in [-0.4, -0.2) is 10.9 Å². The van der Waals surface area contributed by atoms with E-state index in [4.69, 9.17) is 16.3 Å². The van der Waals surface area contributed by atoms with Crippen molar-refractivity contribution >= 4 is 11.6 Å². The maximum atomic E-state index is 5.83. The van der Waals surface area contributed by atoms with Gasteiger partial charge in [0.05, 0.1) is 5.69 Å². The second-order valence-corrected chi connectivity index (χ2v) is 5.16. The second kappa shape index (κ2) is 7.71. The monoisotopic (exact) mass is 299 g/mol. The molecule has 0 fully saturated rings. The smallest absolute Gasteiger partial charge is 0.130 e. The summed E-state index contributed by atoms with van der Waals surface area (Å²) in [5, 5.41) is 0. The second-order valence-electron chi connectivity index (χ2n) is 4.78. The van der Waals surface area contributed by atoms with Gasteiger partial charge in [0, 0.05) is 23.6 Å². The Morgan fingerprint density at radius 1 is 1.19 bits per heavy atom. The Hall–Kier alpha value is -1.98. The molecule has 0 atom stereocenters. The van der Waals surface area contributed by atoms with Gasteiger partial charge in [-0.15, -0.1) is 11.6 Å². The fourth-order valence-corrected chi connectivity index (χ4v) is 2.03. The molecule has 0 saturated heterocycles. The van der Waals surface area contributed by atoms with E-state index < -0.39 is 0 Å². The molecule has 0 N–H and O–H groups in total.